The number of hydrogen-bond donors (Lipinski definition) is 1. The van der Waals surface area contributed by atoms with Crippen molar-refractivity contribution in [2.75, 3.05) is 26.0 Å². The molecule has 29 heavy (non-hydrogen) atoms. The highest BCUT2D eigenvalue weighted by Crippen LogP contribution is 2.41. The van der Waals surface area contributed by atoms with E-state index >= 15 is 0 Å². The Kier molecular flexibility index (Phi) is 6.33. The van der Waals surface area contributed by atoms with Crippen LogP contribution < -0.4 is 5.32 Å². The summed E-state index contributed by atoms with van der Waals surface area (Å²) < 4.78 is 8.39. The van der Waals surface area contributed by atoms with E-state index in [1.54, 1.807) is 0 Å². The van der Waals surface area contributed by atoms with Crippen molar-refractivity contribution in [2.45, 2.75) is 52.9 Å². The Balaban J connectivity index is 1.91. The molecule has 0 amide bonds. The second-order valence-corrected chi connectivity index (χ2v) is 7.68. The number of likely N-dealkylation sites (N-methyl/N-ethyl adjacent to an activating group) is 1. The van der Waals surface area contributed by atoms with Crippen LogP contribution in [0.2, 0.25) is 0 Å². The maximum absolute atomic E-state index is 8.73. The van der Waals surface area contributed by atoms with Gasteiger partial charge in [0.2, 0.25) is 6.19 Å². The van der Waals surface area contributed by atoms with Gasteiger partial charge in [0.1, 0.15) is 17.9 Å². The lowest BCUT2D eigenvalue weighted by molar-refractivity contribution is -0.0120. The van der Waals surface area contributed by atoms with Crippen LogP contribution in [0, 0.1) is 23.3 Å². The highest BCUT2D eigenvalue weighted by atomic mass is 16.5. The molecule has 9 heteroatoms. The summed E-state index contributed by atoms with van der Waals surface area (Å²) in [4.78, 5) is 19.7. The van der Waals surface area contributed by atoms with Crippen molar-refractivity contribution in [3.05, 3.63) is 12.2 Å². The molecule has 1 fully saturated rings. The van der Waals surface area contributed by atoms with Gasteiger partial charge >= 0.3 is 0 Å². The summed E-state index contributed by atoms with van der Waals surface area (Å²) in [6.45, 7) is 9.11. The largest absolute Gasteiger partial charge is 0.371 e. The first-order valence-corrected chi connectivity index (χ1v) is 10.1. The first-order chi connectivity index (χ1) is 13.9. The molecule has 0 spiro atoms. The number of amidine groups is 1. The van der Waals surface area contributed by atoms with E-state index in [9.17, 15) is 0 Å². The Morgan fingerprint density at radius 2 is 2.14 bits per heavy atom. The molecule has 1 saturated heterocycles. The minimum atomic E-state index is -0.0833. The zero-order valence-electron chi connectivity index (χ0n) is 18.0. The van der Waals surface area contributed by atoms with Gasteiger partial charge in [-0.2, -0.15) is 10.3 Å². The molecule has 3 heterocycles. The number of anilines is 1. The quantitative estimate of drug-likeness (QED) is 0.453. The molecule has 1 N–H and O–H groups in total. The van der Waals surface area contributed by atoms with Crippen LogP contribution in [0.3, 0.4) is 0 Å². The van der Waals surface area contributed by atoms with Gasteiger partial charge in [0.25, 0.3) is 0 Å². The molecule has 0 aliphatic carbocycles. The lowest BCUT2D eigenvalue weighted by atomic mass is 9.91. The standard InChI is InChI=1S/C20H30N8O/c1-7-15-12(2)13(3)20(29-15)28-11-24-17-18(22-5)25-16(26-19(17)28)8-9-27(6)14(4)23-10-21/h11-13,15,20H,7-9H2,1-6H3,(H,22,25,26)/t12-,13+,15+,20?/m0/s1. The third-order valence-corrected chi connectivity index (χ3v) is 6.00. The van der Waals surface area contributed by atoms with Gasteiger partial charge in [-0.15, -0.1) is 0 Å². The topological polar surface area (TPSA) is 104 Å². The lowest BCUT2D eigenvalue weighted by Crippen LogP contribution is -2.27. The van der Waals surface area contributed by atoms with Crippen molar-refractivity contribution in [3.8, 4) is 6.19 Å². The molecule has 156 valence electrons. The van der Waals surface area contributed by atoms with Gasteiger partial charge in [-0.1, -0.05) is 20.8 Å². The van der Waals surface area contributed by atoms with Crippen LogP contribution in [-0.4, -0.2) is 57.0 Å². The van der Waals surface area contributed by atoms with E-state index in [2.05, 4.69) is 41.0 Å². The molecular weight excluding hydrogens is 368 g/mol. The van der Waals surface area contributed by atoms with Crippen molar-refractivity contribution in [1.29, 1.82) is 5.26 Å². The zero-order chi connectivity index (χ0) is 21.1. The average molecular weight is 399 g/mol. The SMILES string of the molecule is CC[C@H]1OC(n2cnc3c(NC)nc(CCN(C)C(C)=NC#N)nc32)[C@H](C)[C@@H]1C. The summed E-state index contributed by atoms with van der Waals surface area (Å²) in [5, 5.41) is 11.9. The number of hydrogen-bond acceptors (Lipinski definition) is 7. The molecule has 0 bridgehead atoms. The molecule has 0 aromatic carbocycles. The van der Waals surface area contributed by atoms with E-state index in [1.165, 1.54) is 0 Å². The molecule has 2 aromatic heterocycles. The summed E-state index contributed by atoms with van der Waals surface area (Å²) >= 11 is 0. The van der Waals surface area contributed by atoms with Gasteiger partial charge in [0.15, 0.2) is 17.0 Å². The predicted octanol–water partition coefficient (Wildman–Crippen LogP) is 2.82. The Hall–Kier alpha value is -2.73. The highest BCUT2D eigenvalue weighted by molar-refractivity contribution is 5.83. The molecule has 4 atom stereocenters. The number of imidazole rings is 1. The Morgan fingerprint density at radius 3 is 2.76 bits per heavy atom. The summed E-state index contributed by atoms with van der Waals surface area (Å²) in [6.07, 6.45) is 5.41. The van der Waals surface area contributed by atoms with Crippen LogP contribution in [0.5, 0.6) is 0 Å². The molecule has 0 radical (unpaired) electrons. The van der Waals surface area contributed by atoms with Gasteiger partial charge in [0, 0.05) is 33.0 Å². The van der Waals surface area contributed by atoms with E-state index in [4.69, 9.17) is 15.0 Å². The molecule has 1 aliphatic heterocycles. The first-order valence-electron chi connectivity index (χ1n) is 10.1. The van der Waals surface area contributed by atoms with Crippen molar-refractivity contribution < 1.29 is 4.74 Å². The molecule has 3 rings (SSSR count). The van der Waals surface area contributed by atoms with E-state index in [1.807, 2.05) is 43.0 Å². The third kappa shape index (κ3) is 4.03. The highest BCUT2D eigenvalue weighted by Gasteiger charge is 2.39. The van der Waals surface area contributed by atoms with Crippen molar-refractivity contribution in [1.82, 2.24) is 24.4 Å². The van der Waals surface area contributed by atoms with Crippen molar-refractivity contribution >= 4 is 22.8 Å². The summed E-state index contributed by atoms with van der Waals surface area (Å²) in [7, 11) is 3.74. The smallest absolute Gasteiger partial charge is 0.207 e. The maximum atomic E-state index is 8.73. The van der Waals surface area contributed by atoms with Gasteiger partial charge in [0.05, 0.1) is 12.4 Å². The van der Waals surface area contributed by atoms with Crippen LogP contribution in [-0.2, 0) is 11.2 Å². The van der Waals surface area contributed by atoms with Crippen LogP contribution in [0.15, 0.2) is 11.3 Å². The van der Waals surface area contributed by atoms with Crippen molar-refractivity contribution in [3.63, 3.8) is 0 Å². The second-order valence-electron chi connectivity index (χ2n) is 7.68. The lowest BCUT2D eigenvalue weighted by Gasteiger charge is -2.19. The van der Waals surface area contributed by atoms with E-state index in [0.29, 0.717) is 42.3 Å². The molecule has 2 aromatic rings. The Labute approximate surface area is 171 Å². The van der Waals surface area contributed by atoms with Gasteiger partial charge in [-0.05, 0) is 19.3 Å². The molecule has 0 saturated carbocycles. The normalized spacial score (nSPS) is 24.7. The van der Waals surface area contributed by atoms with Crippen LogP contribution in [0.4, 0.5) is 5.82 Å². The van der Waals surface area contributed by atoms with Gasteiger partial charge in [-0.25, -0.2) is 15.0 Å². The summed E-state index contributed by atoms with van der Waals surface area (Å²) in [6, 6.07) is 0. The van der Waals surface area contributed by atoms with E-state index < -0.39 is 0 Å². The fourth-order valence-corrected chi connectivity index (χ4v) is 3.83. The molecule has 9 nitrogen and oxygen atoms in total. The minimum absolute atomic E-state index is 0.0833. The number of nitriles is 1. The van der Waals surface area contributed by atoms with Gasteiger partial charge < -0.3 is 15.0 Å². The van der Waals surface area contributed by atoms with Crippen LogP contribution in [0.1, 0.15) is 46.2 Å². The molecule has 1 unspecified atom stereocenters. The second kappa shape index (κ2) is 8.74. The fourth-order valence-electron chi connectivity index (χ4n) is 3.83. The Bertz CT molecular complexity index is 930. The first kappa shape index (κ1) is 21.0. The van der Waals surface area contributed by atoms with E-state index in [0.717, 1.165) is 17.6 Å². The monoisotopic (exact) mass is 398 g/mol. The third-order valence-electron chi connectivity index (χ3n) is 6.00. The number of ether oxygens (including phenoxy) is 1. The Morgan fingerprint density at radius 1 is 1.38 bits per heavy atom. The molecular formula is C20H30N8O. The average Bonchev–Trinajstić information content (AvgIpc) is 3.26. The maximum Gasteiger partial charge on any atom is 0.207 e. The van der Waals surface area contributed by atoms with Crippen molar-refractivity contribution in [2.24, 2.45) is 16.8 Å². The van der Waals surface area contributed by atoms with E-state index in [-0.39, 0.29) is 12.3 Å². The zero-order valence-corrected chi connectivity index (χ0v) is 18.0. The summed E-state index contributed by atoms with van der Waals surface area (Å²) in [5.74, 6) is 2.93. The summed E-state index contributed by atoms with van der Waals surface area (Å²) in [5.41, 5.74) is 1.53. The van der Waals surface area contributed by atoms with Crippen LogP contribution >= 0.6 is 0 Å². The number of nitrogens with one attached hydrogen (secondary N) is 1. The minimum Gasteiger partial charge on any atom is -0.371 e. The fraction of sp³-hybridized carbons (Fsp3) is 0.650. The molecule has 1 aliphatic rings. The van der Waals surface area contributed by atoms with Gasteiger partial charge in [-0.3, -0.25) is 4.57 Å². The number of rotatable bonds is 6. The predicted molar refractivity (Wildman–Crippen MR) is 112 cm³/mol. The van der Waals surface area contributed by atoms with Crippen LogP contribution in [0.25, 0.3) is 11.2 Å². The number of aromatic nitrogens is 4. The number of aliphatic imine (C=N–C) groups is 1. The number of fused-ring (bicyclic) bond motifs is 1. The number of nitrogens with zero attached hydrogens (tertiary/aromatic N) is 7.